The average molecular weight is 331 g/mol. The molecular formula is C15H21N7O2. The molecule has 2 aromatic heterocycles. The minimum Gasteiger partial charge on any atom is -0.364 e. The lowest BCUT2D eigenvalue weighted by atomic mass is 10.1. The SMILES string of the molecule is CCN1C[C@@H](CN(C)c2nc3nonc3nc2NC2CC2)CC1=O. The van der Waals surface area contributed by atoms with Crippen LogP contribution >= 0.6 is 0 Å². The molecule has 0 bridgehead atoms. The lowest BCUT2D eigenvalue weighted by molar-refractivity contribution is -0.127. The minimum absolute atomic E-state index is 0.231. The van der Waals surface area contributed by atoms with E-state index >= 15 is 0 Å². The highest BCUT2D eigenvalue weighted by Crippen LogP contribution is 2.30. The third-order valence-electron chi connectivity index (χ3n) is 4.58. The molecule has 0 radical (unpaired) electrons. The summed E-state index contributed by atoms with van der Waals surface area (Å²) in [6.45, 7) is 4.32. The Kier molecular flexibility index (Phi) is 3.70. The van der Waals surface area contributed by atoms with Crippen LogP contribution in [0.1, 0.15) is 26.2 Å². The van der Waals surface area contributed by atoms with Gasteiger partial charge in [-0.05, 0) is 30.1 Å². The molecule has 2 fully saturated rings. The zero-order valence-corrected chi connectivity index (χ0v) is 13.9. The number of aromatic nitrogens is 4. The summed E-state index contributed by atoms with van der Waals surface area (Å²) in [7, 11) is 1.97. The molecule has 24 heavy (non-hydrogen) atoms. The topological polar surface area (TPSA) is 100 Å². The minimum atomic E-state index is 0.231. The van der Waals surface area contributed by atoms with Crippen molar-refractivity contribution in [2.45, 2.75) is 32.2 Å². The Morgan fingerprint density at radius 1 is 1.29 bits per heavy atom. The second kappa shape index (κ2) is 5.88. The third-order valence-corrected chi connectivity index (χ3v) is 4.58. The van der Waals surface area contributed by atoms with E-state index in [0.29, 0.717) is 35.5 Å². The number of carbonyl (C=O) groups excluding carboxylic acids is 1. The van der Waals surface area contributed by atoms with Crippen molar-refractivity contribution in [3.8, 4) is 0 Å². The second-order valence-electron chi connectivity index (χ2n) is 6.61. The lowest BCUT2D eigenvalue weighted by Crippen LogP contribution is -2.30. The molecule has 128 valence electrons. The molecule has 1 aliphatic carbocycles. The maximum Gasteiger partial charge on any atom is 0.245 e. The Labute approximate surface area is 139 Å². The van der Waals surface area contributed by atoms with Gasteiger partial charge >= 0.3 is 0 Å². The summed E-state index contributed by atoms with van der Waals surface area (Å²) in [6.07, 6.45) is 2.87. The molecule has 0 unspecified atom stereocenters. The van der Waals surface area contributed by atoms with Gasteiger partial charge in [-0.2, -0.15) is 0 Å². The van der Waals surface area contributed by atoms with Crippen LogP contribution in [0.15, 0.2) is 4.63 Å². The molecule has 1 saturated heterocycles. The number of hydrogen-bond acceptors (Lipinski definition) is 8. The number of fused-ring (bicyclic) bond motifs is 1. The van der Waals surface area contributed by atoms with Crippen LogP contribution in [-0.4, -0.2) is 63.8 Å². The van der Waals surface area contributed by atoms with Crippen molar-refractivity contribution < 1.29 is 9.42 Å². The van der Waals surface area contributed by atoms with Crippen molar-refractivity contribution in [3.63, 3.8) is 0 Å². The van der Waals surface area contributed by atoms with E-state index in [4.69, 9.17) is 4.63 Å². The van der Waals surface area contributed by atoms with E-state index in [1.54, 1.807) is 0 Å². The number of hydrogen-bond donors (Lipinski definition) is 1. The van der Waals surface area contributed by atoms with E-state index in [1.165, 1.54) is 0 Å². The fourth-order valence-corrected chi connectivity index (χ4v) is 3.17. The van der Waals surface area contributed by atoms with Crippen LogP contribution in [0, 0.1) is 5.92 Å². The lowest BCUT2D eigenvalue weighted by Gasteiger charge is -2.23. The van der Waals surface area contributed by atoms with E-state index < -0.39 is 0 Å². The number of likely N-dealkylation sites (tertiary alicyclic amines) is 1. The Balaban J connectivity index is 1.56. The van der Waals surface area contributed by atoms with Gasteiger partial charge in [0.15, 0.2) is 11.6 Å². The smallest absolute Gasteiger partial charge is 0.245 e. The van der Waals surface area contributed by atoms with Crippen molar-refractivity contribution >= 4 is 28.8 Å². The summed E-state index contributed by atoms with van der Waals surface area (Å²) in [4.78, 5) is 24.9. The zero-order chi connectivity index (χ0) is 16.7. The number of anilines is 2. The van der Waals surface area contributed by atoms with Crippen molar-refractivity contribution in [3.05, 3.63) is 0 Å². The fraction of sp³-hybridized carbons (Fsp3) is 0.667. The van der Waals surface area contributed by atoms with Crippen LogP contribution in [0.4, 0.5) is 11.6 Å². The predicted octanol–water partition coefficient (Wildman–Crippen LogP) is 0.892. The Hall–Kier alpha value is -2.45. The van der Waals surface area contributed by atoms with Gasteiger partial charge in [-0.1, -0.05) is 0 Å². The number of nitrogens with one attached hydrogen (secondary N) is 1. The number of carbonyl (C=O) groups is 1. The fourth-order valence-electron chi connectivity index (χ4n) is 3.17. The van der Waals surface area contributed by atoms with E-state index in [9.17, 15) is 4.79 Å². The predicted molar refractivity (Wildman–Crippen MR) is 87.7 cm³/mol. The molecule has 1 atom stereocenters. The van der Waals surface area contributed by atoms with Crippen LogP contribution in [0.3, 0.4) is 0 Å². The molecular weight excluding hydrogens is 310 g/mol. The first-order chi connectivity index (χ1) is 11.6. The summed E-state index contributed by atoms with van der Waals surface area (Å²) in [6, 6.07) is 0.451. The summed E-state index contributed by atoms with van der Waals surface area (Å²) < 4.78 is 4.73. The van der Waals surface area contributed by atoms with Gasteiger partial charge in [-0.15, -0.1) is 0 Å². The largest absolute Gasteiger partial charge is 0.364 e. The maximum atomic E-state index is 11.9. The van der Waals surface area contributed by atoms with Crippen molar-refractivity contribution in [1.82, 2.24) is 25.2 Å². The molecule has 1 saturated carbocycles. The van der Waals surface area contributed by atoms with Gasteiger partial charge in [0.1, 0.15) is 0 Å². The molecule has 2 aromatic rings. The zero-order valence-electron chi connectivity index (χ0n) is 13.9. The maximum absolute atomic E-state index is 11.9. The first-order valence-corrected chi connectivity index (χ1v) is 8.39. The molecule has 1 N–H and O–H groups in total. The molecule has 1 aliphatic heterocycles. The van der Waals surface area contributed by atoms with Crippen LogP contribution < -0.4 is 10.2 Å². The molecule has 0 aromatic carbocycles. The molecule has 2 aliphatic rings. The Bertz CT molecular complexity index is 757. The van der Waals surface area contributed by atoms with E-state index in [0.717, 1.165) is 38.3 Å². The standard InChI is InChI=1S/C15H21N7O2/c1-3-22-8-9(6-11(22)23)7-21(2)15-14(16-10-4-5-10)17-12-13(18-15)20-24-19-12/h9-10H,3-8H2,1-2H3,(H,16,17,19)/t9-/m1/s1. The van der Waals surface area contributed by atoms with Crippen LogP contribution in [0.25, 0.3) is 11.3 Å². The number of amides is 1. The molecule has 4 rings (SSSR count). The van der Waals surface area contributed by atoms with Crippen molar-refractivity contribution in [2.24, 2.45) is 5.92 Å². The van der Waals surface area contributed by atoms with Gasteiger partial charge < -0.3 is 15.1 Å². The van der Waals surface area contributed by atoms with Crippen molar-refractivity contribution in [2.75, 3.05) is 36.9 Å². The van der Waals surface area contributed by atoms with Gasteiger partial charge in [0.05, 0.1) is 0 Å². The summed E-state index contributed by atoms with van der Waals surface area (Å²) >= 11 is 0. The van der Waals surface area contributed by atoms with E-state index in [1.807, 2.05) is 23.8 Å². The van der Waals surface area contributed by atoms with Crippen molar-refractivity contribution in [1.29, 1.82) is 0 Å². The van der Waals surface area contributed by atoms with Gasteiger partial charge in [0, 0.05) is 45.1 Å². The quantitative estimate of drug-likeness (QED) is 0.833. The monoisotopic (exact) mass is 331 g/mol. The summed E-state index contributed by atoms with van der Waals surface area (Å²) in [5, 5.41) is 11.0. The molecule has 1 amide bonds. The molecule has 9 nitrogen and oxygen atoms in total. The number of nitrogens with zero attached hydrogens (tertiary/aromatic N) is 6. The average Bonchev–Trinajstić information content (AvgIpc) is 3.13. The molecule has 9 heteroatoms. The normalized spacial score (nSPS) is 20.8. The highest BCUT2D eigenvalue weighted by atomic mass is 16.6. The first kappa shape index (κ1) is 15.1. The highest BCUT2D eigenvalue weighted by Gasteiger charge is 2.31. The summed E-state index contributed by atoms with van der Waals surface area (Å²) in [5.74, 6) is 1.96. The third kappa shape index (κ3) is 2.85. The van der Waals surface area contributed by atoms with Crippen LogP contribution in [0.5, 0.6) is 0 Å². The van der Waals surface area contributed by atoms with E-state index in [2.05, 4.69) is 25.6 Å². The van der Waals surface area contributed by atoms with Gasteiger partial charge in [0.2, 0.25) is 17.2 Å². The molecule has 3 heterocycles. The first-order valence-electron chi connectivity index (χ1n) is 8.39. The van der Waals surface area contributed by atoms with E-state index in [-0.39, 0.29) is 5.91 Å². The highest BCUT2D eigenvalue weighted by molar-refractivity contribution is 5.79. The number of rotatable bonds is 6. The Morgan fingerprint density at radius 2 is 2.04 bits per heavy atom. The van der Waals surface area contributed by atoms with Crippen LogP contribution in [0.2, 0.25) is 0 Å². The van der Waals surface area contributed by atoms with Gasteiger partial charge in [-0.3, -0.25) is 4.79 Å². The van der Waals surface area contributed by atoms with Gasteiger partial charge in [-0.25, -0.2) is 14.6 Å². The summed E-state index contributed by atoms with van der Waals surface area (Å²) in [5.41, 5.74) is 0.805. The second-order valence-corrected chi connectivity index (χ2v) is 6.61. The Morgan fingerprint density at radius 3 is 2.71 bits per heavy atom. The molecule has 0 spiro atoms. The van der Waals surface area contributed by atoms with Crippen LogP contribution in [-0.2, 0) is 4.79 Å². The van der Waals surface area contributed by atoms with Gasteiger partial charge in [0.25, 0.3) is 0 Å².